The van der Waals surface area contributed by atoms with Gasteiger partial charge in [-0.2, -0.15) is 0 Å². The number of nitrogens with one attached hydrogen (secondary N) is 1. The Morgan fingerprint density at radius 2 is 1.92 bits per heavy atom. The molecule has 5 nitrogen and oxygen atoms in total. The molecule has 1 heterocycles. The van der Waals surface area contributed by atoms with Gasteiger partial charge in [-0.05, 0) is 55.3 Å². The number of fused-ring (bicyclic) bond motifs is 1. The number of halogens is 1. The van der Waals surface area contributed by atoms with Crippen molar-refractivity contribution in [1.29, 1.82) is 0 Å². The Morgan fingerprint density at radius 1 is 1.19 bits per heavy atom. The molecule has 3 aromatic rings. The smallest absolute Gasteiger partial charge is 0.339 e. The number of rotatable bonds is 5. The standard InChI is InChI=1S/C20H18BrNO4/c1-3-16-12(2)17-9-8-15(10-18(17)26-20(16)24)25-11-19(23)22-14-6-4-13(21)5-7-14/h4-10H,3,11H2,1-2H3,(H,22,23). The van der Waals surface area contributed by atoms with Crippen LogP contribution in [0.3, 0.4) is 0 Å². The Morgan fingerprint density at radius 3 is 2.62 bits per heavy atom. The first-order chi connectivity index (χ1) is 12.5. The number of aryl methyl sites for hydroxylation is 1. The molecule has 0 saturated heterocycles. The Balaban J connectivity index is 1.72. The maximum Gasteiger partial charge on any atom is 0.339 e. The van der Waals surface area contributed by atoms with Crippen molar-refractivity contribution in [1.82, 2.24) is 0 Å². The molecule has 0 saturated carbocycles. The summed E-state index contributed by atoms with van der Waals surface area (Å²) in [5.41, 5.74) is 2.41. The van der Waals surface area contributed by atoms with Gasteiger partial charge in [0.15, 0.2) is 6.61 Å². The third-order valence-corrected chi connectivity index (χ3v) is 4.64. The second-order valence-electron chi connectivity index (χ2n) is 5.85. The van der Waals surface area contributed by atoms with E-state index >= 15 is 0 Å². The van der Waals surface area contributed by atoms with Crippen molar-refractivity contribution in [3.63, 3.8) is 0 Å². The second-order valence-corrected chi connectivity index (χ2v) is 6.76. The zero-order valence-electron chi connectivity index (χ0n) is 14.5. The fraction of sp³-hybridized carbons (Fsp3) is 0.200. The molecule has 0 aliphatic rings. The minimum Gasteiger partial charge on any atom is -0.484 e. The summed E-state index contributed by atoms with van der Waals surface area (Å²) in [6.07, 6.45) is 0.624. The second kappa shape index (κ2) is 7.74. The van der Waals surface area contributed by atoms with Crippen molar-refractivity contribution in [3.8, 4) is 5.75 Å². The molecule has 0 fully saturated rings. The maximum atomic E-state index is 12.0. The summed E-state index contributed by atoms with van der Waals surface area (Å²) in [7, 11) is 0. The molecule has 2 aromatic carbocycles. The molecule has 0 radical (unpaired) electrons. The van der Waals surface area contributed by atoms with Gasteiger partial charge in [0, 0.05) is 27.2 Å². The maximum absolute atomic E-state index is 12.0. The third kappa shape index (κ3) is 3.96. The first-order valence-corrected chi connectivity index (χ1v) is 9.01. The van der Waals surface area contributed by atoms with Crippen LogP contribution in [0, 0.1) is 6.92 Å². The molecule has 1 aromatic heterocycles. The van der Waals surface area contributed by atoms with Crippen LogP contribution in [0.5, 0.6) is 5.75 Å². The van der Waals surface area contributed by atoms with E-state index < -0.39 is 0 Å². The van der Waals surface area contributed by atoms with E-state index in [4.69, 9.17) is 9.15 Å². The van der Waals surface area contributed by atoms with Gasteiger partial charge in [0.05, 0.1) is 0 Å². The highest BCUT2D eigenvalue weighted by Gasteiger charge is 2.11. The Kier molecular flexibility index (Phi) is 5.42. The first kappa shape index (κ1) is 18.2. The highest BCUT2D eigenvalue weighted by molar-refractivity contribution is 9.10. The SMILES string of the molecule is CCc1c(C)c2ccc(OCC(=O)Nc3ccc(Br)cc3)cc2oc1=O. The highest BCUT2D eigenvalue weighted by atomic mass is 79.9. The van der Waals surface area contributed by atoms with Gasteiger partial charge in [-0.1, -0.05) is 22.9 Å². The quantitative estimate of drug-likeness (QED) is 0.625. The summed E-state index contributed by atoms with van der Waals surface area (Å²) < 4.78 is 11.8. The van der Waals surface area contributed by atoms with E-state index in [1.807, 2.05) is 32.0 Å². The lowest BCUT2D eigenvalue weighted by molar-refractivity contribution is -0.118. The lowest BCUT2D eigenvalue weighted by atomic mass is 10.0. The van der Waals surface area contributed by atoms with Gasteiger partial charge in [-0.3, -0.25) is 4.79 Å². The molecule has 1 N–H and O–H groups in total. The third-order valence-electron chi connectivity index (χ3n) is 4.11. The number of carbonyl (C=O) groups is 1. The van der Waals surface area contributed by atoms with Crippen LogP contribution in [-0.4, -0.2) is 12.5 Å². The summed E-state index contributed by atoms with van der Waals surface area (Å²) in [5, 5.41) is 3.62. The molecule has 0 atom stereocenters. The summed E-state index contributed by atoms with van der Waals surface area (Å²) >= 11 is 3.34. The van der Waals surface area contributed by atoms with Crippen LogP contribution < -0.4 is 15.7 Å². The van der Waals surface area contributed by atoms with E-state index in [0.717, 1.165) is 15.4 Å². The summed E-state index contributed by atoms with van der Waals surface area (Å²) in [4.78, 5) is 24.0. The van der Waals surface area contributed by atoms with E-state index in [1.54, 1.807) is 24.3 Å². The number of carbonyl (C=O) groups excluding carboxylic acids is 1. The van der Waals surface area contributed by atoms with Crippen LogP contribution in [0.4, 0.5) is 5.69 Å². The Labute approximate surface area is 159 Å². The van der Waals surface area contributed by atoms with Gasteiger partial charge in [0.25, 0.3) is 5.91 Å². The number of ether oxygens (including phenoxy) is 1. The molecule has 1 amide bonds. The van der Waals surface area contributed by atoms with Crippen molar-refractivity contribution >= 4 is 38.5 Å². The van der Waals surface area contributed by atoms with Crippen LogP contribution in [-0.2, 0) is 11.2 Å². The number of benzene rings is 2. The zero-order valence-corrected chi connectivity index (χ0v) is 16.1. The highest BCUT2D eigenvalue weighted by Crippen LogP contribution is 2.24. The van der Waals surface area contributed by atoms with Gasteiger partial charge in [0.1, 0.15) is 11.3 Å². The number of amides is 1. The van der Waals surface area contributed by atoms with Crippen molar-refractivity contribution in [2.45, 2.75) is 20.3 Å². The molecule has 0 bridgehead atoms. The van der Waals surface area contributed by atoms with E-state index in [2.05, 4.69) is 21.2 Å². The molecule has 3 rings (SSSR count). The topological polar surface area (TPSA) is 68.5 Å². The summed E-state index contributed by atoms with van der Waals surface area (Å²) in [6, 6.07) is 12.5. The molecule has 0 unspecified atom stereocenters. The van der Waals surface area contributed by atoms with Crippen LogP contribution in [0.25, 0.3) is 11.0 Å². The minimum absolute atomic E-state index is 0.141. The number of hydrogen-bond acceptors (Lipinski definition) is 4. The van der Waals surface area contributed by atoms with E-state index in [-0.39, 0.29) is 18.1 Å². The minimum atomic E-state index is -0.331. The lowest BCUT2D eigenvalue weighted by Crippen LogP contribution is -2.20. The fourth-order valence-corrected chi connectivity index (χ4v) is 3.02. The molecule has 0 aliphatic heterocycles. The van der Waals surface area contributed by atoms with Crippen molar-refractivity contribution in [3.05, 3.63) is 68.5 Å². The van der Waals surface area contributed by atoms with Gasteiger partial charge in [-0.15, -0.1) is 0 Å². The molecule has 0 spiro atoms. The Hall–Kier alpha value is -2.60. The predicted molar refractivity (Wildman–Crippen MR) is 105 cm³/mol. The summed E-state index contributed by atoms with van der Waals surface area (Å²) in [6.45, 7) is 3.69. The van der Waals surface area contributed by atoms with Crippen molar-refractivity contribution in [2.24, 2.45) is 0 Å². The Bertz CT molecular complexity index is 1010. The fourth-order valence-electron chi connectivity index (χ4n) is 2.75. The van der Waals surface area contributed by atoms with Crippen molar-refractivity contribution in [2.75, 3.05) is 11.9 Å². The average Bonchev–Trinajstić information content (AvgIpc) is 2.62. The van der Waals surface area contributed by atoms with E-state index in [9.17, 15) is 9.59 Å². The largest absolute Gasteiger partial charge is 0.484 e. The van der Waals surface area contributed by atoms with E-state index in [0.29, 0.717) is 29.0 Å². The molecule has 6 heteroatoms. The molecule has 134 valence electrons. The van der Waals surface area contributed by atoms with Crippen LogP contribution >= 0.6 is 15.9 Å². The summed E-state index contributed by atoms with van der Waals surface area (Å²) in [5.74, 6) is 0.196. The molecular formula is C20H18BrNO4. The monoisotopic (exact) mass is 415 g/mol. The predicted octanol–water partition coefficient (Wildman–Crippen LogP) is 4.44. The number of hydrogen-bond donors (Lipinski definition) is 1. The molecule has 0 aliphatic carbocycles. The van der Waals surface area contributed by atoms with E-state index in [1.165, 1.54) is 0 Å². The normalized spacial score (nSPS) is 10.7. The lowest BCUT2D eigenvalue weighted by Gasteiger charge is -2.10. The van der Waals surface area contributed by atoms with Crippen LogP contribution in [0.15, 0.2) is 56.1 Å². The van der Waals surface area contributed by atoms with Gasteiger partial charge in [-0.25, -0.2) is 4.79 Å². The zero-order chi connectivity index (χ0) is 18.7. The van der Waals surface area contributed by atoms with Crippen molar-refractivity contribution < 1.29 is 13.9 Å². The van der Waals surface area contributed by atoms with Crippen LogP contribution in [0.2, 0.25) is 0 Å². The van der Waals surface area contributed by atoms with Gasteiger partial charge in [0.2, 0.25) is 0 Å². The molecular weight excluding hydrogens is 398 g/mol. The number of anilines is 1. The first-order valence-electron chi connectivity index (χ1n) is 8.22. The molecule has 26 heavy (non-hydrogen) atoms. The van der Waals surface area contributed by atoms with Gasteiger partial charge >= 0.3 is 5.63 Å². The van der Waals surface area contributed by atoms with Gasteiger partial charge < -0.3 is 14.5 Å². The van der Waals surface area contributed by atoms with Crippen LogP contribution in [0.1, 0.15) is 18.1 Å². The average molecular weight is 416 g/mol.